The minimum Gasteiger partial charge on any atom is -0.444 e. The first kappa shape index (κ1) is 21.7. The van der Waals surface area contributed by atoms with Crippen molar-refractivity contribution in [3.8, 4) is 11.3 Å². The minimum atomic E-state index is -0.619. The fourth-order valence-electron chi connectivity index (χ4n) is 3.64. The number of aromatic nitrogens is 2. The molecule has 1 unspecified atom stereocenters. The molecule has 0 spiro atoms. The van der Waals surface area contributed by atoms with Gasteiger partial charge in [-0.2, -0.15) is 5.10 Å². The maximum Gasteiger partial charge on any atom is 0.410 e. The van der Waals surface area contributed by atoms with Gasteiger partial charge in [0.05, 0.1) is 30.5 Å². The van der Waals surface area contributed by atoms with Crippen LogP contribution in [0, 0.1) is 5.82 Å². The Morgan fingerprint density at radius 3 is 2.58 bits per heavy atom. The van der Waals surface area contributed by atoms with E-state index < -0.39 is 17.5 Å². The number of halogens is 3. The van der Waals surface area contributed by atoms with Crippen LogP contribution < -0.4 is 0 Å². The van der Waals surface area contributed by atoms with Gasteiger partial charge in [0.1, 0.15) is 11.4 Å². The molecule has 2 aromatic carbocycles. The maximum absolute atomic E-state index is 14.5. The lowest BCUT2D eigenvalue weighted by Crippen LogP contribution is -2.44. The number of carbonyl (C=O) groups excluding carboxylic acids is 1. The van der Waals surface area contributed by atoms with Gasteiger partial charge >= 0.3 is 6.09 Å². The number of rotatable bonds is 2. The summed E-state index contributed by atoms with van der Waals surface area (Å²) < 4.78 is 21.9. The van der Waals surface area contributed by atoms with Crippen LogP contribution in [0.3, 0.4) is 0 Å². The summed E-state index contributed by atoms with van der Waals surface area (Å²) in [5, 5.41) is 5.56. The monoisotopic (exact) mass is 461 g/mol. The summed E-state index contributed by atoms with van der Waals surface area (Å²) in [4.78, 5) is 14.4. The molecule has 162 valence electrons. The fourth-order valence-corrected chi connectivity index (χ4v) is 4.06. The highest BCUT2D eigenvalue weighted by molar-refractivity contribution is 6.31. The first-order valence-electron chi connectivity index (χ1n) is 9.88. The molecule has 0 radical (unpaired) electrons. The first-order chi connectivity index (χ1) is 14.6. The second-order valence-electron chi connectivity index (χ2n) is 8.49. The predicted molar refractivity (Wildman–Crippen MR) is 119 cm³/mol. The third-order valence-corrected chi connectivity index (χ3v) is 5.56. The number of hydrogen-bond acceptors (Lipinski definition) is 3. The average molecular weight is 462 g/mol. The van der Waals surface area contributed by atoms with Crippen molar-refractivity contribution >= 4 is 29.3 Å². The zero-order chi connectivity index (χ0) is 22.3. The Morgan fingerprint density at radius 1 is 1.16 bits per heavy atom. The van der Waals surface area contributed by atoms with Gasteiger partial charge in [-0.25, -0.2) is 9.18 Å². The normalized spacial score (nSPS) is 16.2. The number of hydrogen-bond donors (Lipinski definition) is 0. The summed E-state index contributed by atoms with van der Waals surface area (Å²) in [5.41, 5.74) is 1.77. The van der Waals surface area contributed by atoms with Crippen LogP contribution in [0.4, 0.5) is 9.18 Å². The Hall–Kier alpha value is -2.57. The van der Waals surface area contributed by atoms with Crippen molar-refractivity contribution in [1.82, 2.24) is 14.7 Å². The van der Waals surface area contributed by atoms with E-state index in [4.69, 9.17) is 27.9 Å². The van der Waals surface area contributed by atoms with Gasteiger partial charge in [-0.15, -0.1) is 0 Å². The lowest BCUT2D eigenvalue weighted by Gasteiger charge is -2.35. The summed E-state index contributed by atoms with van der Waals surface area (Å²) in [6.45, 7) is 6.10. The van der Waals surface area contributed by atoms with E-state index in [0.717, 1.165) is 11.3 Å². The summed E-state index contributed by atoms with van der Waals surface area (Å²) in [5.74, 6) is -0.457. The van der Waals surface area contributed by atoms with Crippen molar-refractivity contribution in [3.63, 3.8) is 0 Å². The minimum absolute atomic E-state index is 0.290. The second kappa shape index (κ2) is 8.17. The van der Waals surface area contributed by atoms with Gasteiger partial charge in [0.2, 0.25) is 0 Å². The van der Waals surface area contributed by atoms with Crippen LogP contribution in [0.5, 0.6) is 0 Å². The van der Waals surface area contributed by atoms with Crippen molar-refractivity contribution in [2.24, 2.45) is 0 Å². The van der Waals surface area contributed by atoms with Gasteiger partial charge in [-0.05, 0) is 56.7 Å². The van der Waals surface area contributed by atoms with E-state index in [1.165, 1.54) is 6.07 Å². The standard InChI is InChI=1S/C23H22Cl2FN3O2/c1-23(2,3)31-22(30)28-12-15-11-20(17-9-8-14(24)10-19(17)26)27-29(15)21(13-28)16-6-4-5-7-18(16)25/h4-11,21H,12-13H2,1-3H3. The van der Waals surface area contributed by atoms with E-state index in [1.54, 1.807) is 29.2 Å². The first-order valence-corrected chi connectivity index (χ1v) is 10.6. The largest absolute Gasteiger partial charge is 0.444 e. The van der Waals surface area contributed by atoms with Gasteiger partial charge in [0.15, 0.2) is 0 Å². The van der Waals surface area contributed by atoms with Crippen LogP contribution in [-0.2, 0) is 11.3 Å². The molecule has 0 bridgehead atoms. The molecule has 0 aliphatic carbocycles. The van der Waals surface area contributed by atoms with E-state index in [1.807, 2.05) is 43.7 Å². The zero-order valence-corrected chi connectivity index (χ0v) is 18.9. The van der Waals surface area contributed by atoms with Crippen LogP contribution in [0.1, 0.15) is 38.1 Å². The molecule has 0 N–H and O–H groups in total. The molecule has 0 saturated carbocycles. The number of benzene rings is 2. The van der Waals surface area contributed by atoms with E-state index in [0.29, 0.717) is 27.8 Å². The number of nitrogens with zero attached hydrogens (tertiary/aromatic N) is 3. The van der Waals surface area contributed by atoms with Crippen molar-refractivity contribution in [2.45, 2.75) is 39.0 Å². The van der Waals surface area contributed by atoms with E-state index in [-0.39, 0.29) is 12.6 Å². The molecule has 1 atom stereocenters. The SMILES string of the molecule is CC(C)(C)OC(=O)N1Cc2cc(-c3ccc(Cl)cc3F)nn2C(c2ccccc2Cl)C1. The topological polar surface area (TPSA) is 47.4 Å². The molecular formula is C23H22Cl2FN3O2. The Kier molecular flexibility index (Phi) is 5.71. The molecule has 5 nitrogen and oxygen atoms in total. The number of carbonyl (C=O) groups is 1. The fraction of sp³-hybridized carbons (Fsp3) is 0.304. The third kappa shape index (κ3) is 4.55. The van der Waals surface area contributed by atoms with Crippen molar-refractivity contribution in [2.75, 3.05) is 6.54 Å². The summed E-state index contributed by atoms with van der Waals surface area (Å²) in [7, 11) is 0. The highest BCUT2D eigenvalue weighted by Gasteiger charge is 2.34. The van der Waals surface area contributed by atoms with E-state index >= 15 is 0 Å². The molecule has 0 saturated heterocycles. The van der Waals surface area contributed by atoms with Crippen LogP contribution in [-0.4, -0.2) is 32.9 Å². The molecule has 8 heteroatoms. The quantitative estimate of drug-likeness (QED) is 0.447. The average Bonchev–Trinajstić information content (AvgIpc) is 3.10. The van der Waals surface area contributed by atoms with E-state index in [2.05, 4.69) is 5.10 Å². The Balaban J connectivity index is 1.78. The van der Waals surface area contributed by atoms with Gasteiger partial charge in [0, 0.05) is 15.6 Å². The zero-order valence-electron chi connectivity index (χ0n) is 17.4. The molecule has 4 rings (SSSR count). The van der Waals surface area contributed by atoms with Crippen LogP contribution >= 0.6 is 23.2 Å². The number of amides is 1. The van der Waals surface area contributed by atoms with Crippen LogP contribution in [0.15, 0.2) is 48.5 Å². The smallest absolute Gasteiger partial charge is 0.410 e. The molecule has 1 aromatic heterocycles. The summed E-state index contributed by atoms with van der Waals surface area (Å²) in [6, 6.07) is 13.4. The molecule has 31 heavy (non-hydrogen) atoms. The maximum atomic E-state index is 14.5. The Morgan fingerprint density at radius 2 is 1.90 bits per heavy atom. The number of ether oxygens (including phenoxy) is 1. The Bertz CT molecular complexity index is 1140. The van der Waals surface area contributed by atoms with Crippen LogP contribution in [0.2, 0.25) is 10.0 Å². The second-order valence-corrected chi connectivity index (χ2v) is 9.33. The predicted octanol–water partition coefficient (Wildman–Crippen LogP) is 6.34. The van der Waals surface area contributed by atoms with Gasteiger partial charge in [-0.3, -0.25) is 9.58 Å². The van der Waals surface area contributed by atoms with Crippen molar-refractivity contribution in [1.29, 1.82) is 0 Å². The summed E-state index contributed by atoms with van der Waals surface area (Å²) >= 11 is 12.4. The third-order valence-electron chi connectivity index (χ3n) is 4.98. The van der Waals surface area contributed by atoms with Gasteiger partial charge < -0.3 is 4.74 Å². The lowest BCUT2D eigenvalue weighted by molar-refractivity contribution is 0.0175. The van der Waals surface area contributed by atoms with Crippen molar-refractivity contribution in [3.05, 3.63) is 75.7 Å². The molecule has 1 amide bonds. The van der Waals surface area contributed by atoms with E-state index in [9.17, 15) is 9.18 Å². The molecule has 2 heterocycles. The summed E-state index contributed by atoms with van der Waals surface area (Å²) in [6.07, 6.45) is -0.420. The lowest BCUT2D eigenvalue weighted by atomic mass is 10.0. The molecule has 1 aliphatic rings. The Labute approximate surface area is 190 Å². The molecular weight excluding hydrogens is 440 g/mol. The molecule has 0 fully saturated rings. The number of fused-ring (bicyclic) bond motifs is 1. The highest BCUT2D eigenvalue weighted by atomic mass is 35.5. The van der Waals surface area contributed by atoms with Gasteiger partial charge in [-0.1, -0.05) is 41.4 Å². The van der Waals surface area contributed by atoms with Crippen molar-refractivity contribution < 1.29 is 13.9 Å². The highest BCUT2D eigenvalue weighted by Crippen LogP contribution is 2.34. The molecule has 3 aromatic rings. The van der Waals surface area contributed by atoms with Gasteiger partial charge in [0.25, 0.3) is 0 Å². The van der Waals surface area contributed by atoms with Crippen LogP contribution in [0.25, 0.3) is 11.3 Å². The molecule has 1 aliphatic heterocycles.